The quantitative estimate of drug-likeness (QED) is 0.199. The number of nitrogens with two attached hydrogens (primary N) is 1. The molecule has 11 nitrogen and oxygen atoms in total. The van der Waals surface area contributed by atoms with Crippen LogP contribution in [0.5, 0.6) is 5.75 Å². The number of aliphatic hydroxyl groups is 2. The van der Waals surface area contributed by atoms with Gasteiger partial charge in [-0.2, -0.15) is 0 Å². The fourth-order valence-electron chi connectivity index (χ4n) is 4.51. The van der Waals surface area contributed by atoms with Gasteiger partial charge in [0.05, 0.1) is 29.9 Å². The molecule has 0 saturated carbocycles. The molecule has 2 heterocycles. The number of nitrogens with zero attached hydrogens (tertiary/aromatic N) is 4. The van der Waals surface area contributed by atoms with Crippen LogP contribution in [0.1, 0.15) is 16.1 Å². The van der Waals surface area contributed by atoms with E-state index in [0.717, 1.165) is 5.56 Å². The maximum Gasteiger partial charge on any atom is 0.284 e. The van der Waals surface area contributed by atoms with Crippen molar-refractivity contribution in [2.24, 2.45) is 7.05 Å². The number of carbonyl (C=O) groups excluding carboxylic acids is 1. The Kier molecular flexibility index (Phi) is 8.58. The lowest BCUT2D eigenvalue weighted by Gasteiger charge is -2.12. The van der Waals surface area contributed by atoms with Crippen molar-refractivity contribution in [1.82, 2.24) is 19.3 Å². The van der Waals surface area contributed by atoms with Gasteiger partial charge in [-0.15, -0.1) is 0 Å². The number of nitrogen functional groups attached to an aromatic ring is 1. The molecule has 0 radical (unpaired) electrons. The molecule has 0 bridgehead atoms. The molecule has 0 fully saturated rings. The van der Waals surface area contributed by atoms with Gasteiger partial charge in [0.15, 0.2) is 0 Å². The van der Waals surface area contributed by atoms with Gasteiger partial charge < -0.3 is 26.0 Å². The molecular formula is C31H29ClN6O5. The largest absolute Gasteiger partial charge is 0.491 e. The molecule has 5 N–H and O–H groups in total. The molecule has 0 aliphatic carbocycles. The van der Waals surface area contributed by atoms with E-state index in [1.165, 1.54) is 4.68 Å². The molecule has 5 aromatic rings. The fraction of sp³-hybridized carbons (Fsp3) is 0.161. The van der Waals surface area contributed by atoms with E-state index in [2.05, 4.69) is 10.3 Å². The lowest BCUT2D eigenvalue weighted by atomic mass is 10.1. The van der Waals surface area contributed by atoms with E-state index in [-0.39, 0.29) is 18.0 Å². The third-order valence-corrected chi connectivity index (χ3v) is 7.07. The minimum atomic E-state index is -0.983. The van der Waals surface area contributed by atoms with Gasteiger partial charge in [0.25, 0.3) is 11.5 Å². The summed E-state index contributed by atoms with van der Waals surface area (Å²) in [7, 11) is 1.70. The summed E-state index contributed by atoms with van der Waals surface area (Å²) in [5, 5.41) is 21.8. The second-order valence-corrected chi connectivity index (χ2v) is 10.2. The van der Waals surface area contributed by atoms with Crippen molar-refractivity contribution in [2.45, 2.75) is 13.0 Å². The molecule has 12 heteroatoms. The Hall–Kier alpha value is -4.97. The Morgan fingerprint density at radius 1 is 1.09 bits per heavy atom. The van der Waals surface area contributed by atoms with E-state index in [9.17, 15) is 14.7 Å². The molecule has 1 unspecified atom stereocenters. The normalized spacial score (nSPS) is 11.7. The zero-order valence-electron chi connectivity index (χ0n) is 23.4. The predicted octanol–water partition coefficient (Wildman–Crippen LogP) is 3.83. The summed E-state index contributed by atoms with van der Waals surface area (Å²) >= 11 is 6.11. The highest BCUT2D eigenvalue weighted by Crippen LogP contribution is 2.29. The van der Waals surface area contributed by atoms with Crippen LogP contribution in [0.15, 0.2) is 83.8 Å². The molecule has 0 aliphatic rings. The van der Waals surface area contributed by atoms with Crippen LogP contribution in [-0.4, -0.2) is 54.8 Å². The highest BCUT2D eigenvalue weighted by Gasteiger charge is 2.22. The van der Waals surface area contributed by atoms with Gasteiger partial charge >= 0.3 is 0 Å². The summed E-state index contributed by atoms with van der Waals surface area (Å²) in [5.41, 5.74) is 9.62. The summed E-state index contributed by atoms with van der Waals surface area (Å²) < 4.78 is 8.55. The van der Waals surface area contributed by atoms with Gasteiger partial charge in [-0.3, -0.25) is 14.3 Å². The van der Waals surface area contributed by atoms with Gasteiger partial charge in [0.1, 0.15) is 35.5 Å². The second-order valence-electron chi connectivity index (χ2n) is 9.78. The van der Waals surface area contributed by atoms with Gasteiger partial charge in [0, 0.05) is 28.9 Å². The van der Waals surface area contributed by atoms with Crippen molar-refractivity contribution >= 4 is 29.0 Å². The molecule has 0 spiro atoms. The highest BCUT2D eigenvalue weighted by molar-refractivity contribution is 6.30. The number of halogens is 1. The summed E-state index contributed by atoms with van der Waals surface area (Å²) in [4.78, 5) is 35.5. The minimum absolute atomic E-state index is 0.0199. The van der Waals surface area contributed by atoms with Gasteiger partial charge in [-0.05, 0) is 49.4 Å². The predicted molar refractivity (Wildman–Crippen MR) is 165 cm³/mol. The summed E-state index contributed by atoms with van der Waals surface area (Å²) in [5.74, 6) is 0.181. The van der Waals surface area contributed by atoms with Gasteiger partial charge in [-0.1, -0.05) is 41.9 Å². The summed E-state index contributed by atoms with van der Waals surface area (Å²) in [6, 6.07) is 20.8. The number of ether oxygens (including phenoxy) is 1. The van der Waals surface area contributed by atoms with E-state index in [1.54, 1.807) is 91.6 Å². The maximum absolute atomic E-state index is 13.3. The van der Waals surface area contributed by atoms with Crippen molar-refractivity contribution in [2.75, 3.05) is 24.3 Å². The van der Waals surface area contributed by atoms with Crippen LogP contribution in [-0.2, 0) is 7.05 Å². The van der Waals surface area contributed by atoms with Crippen molar-refractivity contribution in [1.29, 1.82) is 0 Å². The number of aliphatic hydroxyl groups excluding tert-OH is 2. The molecule has 1 amide bonds. The SMILES string of the molecule is Cc1c(C(=O)Nc2ccc(-c3nc(-c4cccc(OCC(O)CO)c4)cnc3N)cc2)c(=O)n(-c2cccc(Cl)c2)n1C. The topological polar surface area (TPSA) is 158 Å². The van der Waals surface area contributed by atoms with Crippen LogP contribution in [0, 0.1) is 6.92 Å². The molecule has 5 rings (SSSR count). The van der Waals surface area contributed by atoms with Crippen molar-refractivity contribution in [3.8, 4) is 34.0 Å². The molecule has 220 valence electrons. The number of anilines is 2. The number of amides is 1. The Labute approximate surface area is 251 Å². The van der Waals surface area contributed by atoms with E-state index < -0.39 is 24.2 Å². The first-order chi connectivity index (χ1) is 20.7. The first-order valence-corrected chi connectivity index (χ1v) is 13.6. The molecule has 0 saturated heterocycles. The van der Waals surface area contributed by atoms with Crippen molar-refractivity contribution in [3.05, 3.63) is 106 Å². The van der Waals surface area contributed by atoms with Gasteiger partial charge in [-0.25, -0.2) is 14.6 Å². The van der Waals surface area contributed by atoms with Crippen LogP contribution in [0.4, 0.5) is 11.5 Å². The number of nitrogens with one attached hydrogen (secondary N) is 1. The number of aromatic nitrogens is 4. The van der Waals surface area contributed by atoms with Crippen LogP contribution >= 0.6 is 11.6 Å². The fourth-order valence-corrected chi connectivity index (χ4v) is 4.70. The second kappa shape index (κ2) is 12.5. The first kappa shape index (κ1) is 29.5. The first-order valence-electron chi connectivity index (χ1n) is 13.3. The summed E-state index contributed by atoms with van der Waals surface area (Å²) in [6.07, 6.45) is 0.566. The molecule has 43 heavy (non-hydrogen) atoms. The Bertz CT molecular complexity index is 1850. The number of carbonyl (C=O) groups is 1. The smallest absolute Gasteiger partial charge is 0.284 e. The van der Waals surface area contributed by atoms with E-state index in [0.29, 0.717) is 44.8 Å². The Morgan fingerprint density at radius 3 is 2.56 bits per heavy atom. The number of benzene rings is 3. The molecule has 3 aromatic carbocycles. The zero-order valence-corrected chi connectivity index (χ0v) is 24.1. The van der Waals surface area contributed by atoms with E-state index in [1.807, 2.05) is 6.07 Å². The Balaban J connectivity index is 1.36. The van der Waals surface area contributed by atoms with E-state index >= 15 is 0 Å². The standard InChI is InChI=1S/C31H29ClN6O5/c1-18-27(31(42)38(37(18)2)23-7-4-6-21(32)14-23)30(41)35-22-11-9-19(10-12-22)28-29(33)34-15-26(36-28)20-5-3-8-25(13-20)43-17-24(40)16-39/h3-15,24,39-40H,16-17H2,1-2H3,(H2,33,34)(H,35,41). The Morgan fingerprint density at radius 2 is 1.84 bits per heavy atom. The van der Waals surface area contributed by atoms with Crippen LogP contribution in [0.3, 0.4) is 0 Å². The molecule has 1 atom stereocenters. The van der Waals surface area contributed by atoms with Crippen molar-refractivity contribution < 1.29 is 19.7 Å². The lowest BCUT2D eigenvalue weighted by Crippen LogP contribution is -2.25. The molecule has 0 aliphatic heterocycles. The number of hydrogen-bond donors (Lipinski definition) is 4. The highest BCUT2D eigenvalue weighted by atomic mass is 35.5. The summed E-state index contributed by atoms with van der Waals surface area (Å²) in [6.45, 7) is 1.25. The third kappa shape index (κ3) is 6.28. The monoisotopic (exact) mass is 600 g/mol. The zero-order chi connectivity index (χ0) is 30.7. The average molecular weight is 601 g/mol. The van der Waals surface area contributed by atoms with Crippen LogP contribution in [0.2, 0.25) is 5.02 Å². The third-order valence-electron chi connectivity index (χ3n) is 6.83. The van der Waals surface area contributed by atoms with Crippen molar-refractivity contribution in [3.63, 3.8) is 0 Å². The average Bonchev–Trinajstić information content (AvgIpc) is 3.23. The van der Waals surface area contributed by atoms with Crippen LogP contribution in [0.25, 0.3) is 28.2 Å². The van der Waals surface area contributed by atoms with Gasteiger partial charge in [0.2, 0.25) is 0 Å². The van der Waals surface area contributed by atoms with E-state index in [4.69, 9.17) is 32.2 Å². The molecule has 2 aromatic heterocycles. The maximum atomic E-state index is 13.3. The minimum Gasteiger partial charge on any atom is -0.491 e. The van der Waals surface area contributed by atoms with Crippen LogP contribution < -0.4 is 21.3 Å². The molecular weight excluding hydrogens is 572 g/mol. The number of hydrogen-bond acceptors (Lipinski definition) is 8. The number of rotatable bonds is 9. The lowest BCUT2D eigenvalue weighted by molar-refractivity contribution is 0.0536.